The van der Waals surface area contributed by atoms with Crippen LogP contribution in [-0.4, -0.2) is 75.3 Å². The summed E-state index contributed by atoms with van der Waals surface area (Å²) in [4.78, 5) is 28.5. The molecule has 2 bridgehead atoms. The third-order valence-corrected chi connectivity index (χ3v) is 9.64. The Labute approximate surface area is 221 Å². The van der Waals surface area contributed by atoms with Crippen molar-refractivity contribution in [3.63, 3.8) is 0 Å². The number of aliphatic hydroxyl groups is 1. The lowest BCUT2D eigenvalue weighted by atomic mass is 9.48. The lowest BCUT2D eigenvalue weighted by Gasteiger charge is -2.64. The van der Waals surface area contributed by atoms with Crippen LogP contribution in [0.4, 0.5) is 5.69 Å². The van der Waals surface area contributed by atoms with Gasteiger partial charge in [-0.2, -0.15) is 0 Å². The summed E-state index contributed by atoms with van der Waals surface area (Å²) in [5.41, 5.74) is 1.72. The first kappa shape index (κ1) is 24.7. The van der Waals surface area contributed by atoms with E-state index in [1.807, 2.05) is 39.1 Å². The number of phenols is 1. The van der Waals surface area contributed by atoms with E-state index in [0.29, 0.717) is 43.4 Å². The molecule has 38 heavy (non-hydrogen) atoms. The highest BCUT2D eigenvalue weighted by Crippen LogP contribution is 2.66. The minimum Gasteiger partial charge on any atom is -0.504 e. The largest absolute Gasteiger partial charge is 0.504 e. The summed E-state index contributed by atoms with van der Waals surface area (Å²) >= 11 is 0. The van der Waals surface area contributed by atoms with Gasteiger partial charge in [-0.05, 0) is 76.4 Å². The molecule has 0 unspecified atom stereocenters. The Kier molecular flexibility index (Phi) is 5.33. The molecular formula is C29H31N3O6. The van der Waals surface area contributed by atoms with Crippen molar-refractivity contribution in [2.75, 3.05) is 20.6 Å². The molecule has 1 spiro atoms. The first-order valence-corrected chi connectivity index (χ1v) is 13.0. The van der Waals surface area contributed by atoms with Crippen molar-refractivity contribution >= 4 is 11.6 Å². The fourth-order valence-electron chi connectivity index (χ4n) is 7.54. The molecule has 4 aliphatic rings. The maximum atomic E-state index is 13.3. The van der Waals surface area contributed by atoms with Gasteiger partial charge in [-0.1, -0.05) is 12.0 Å². The van der Waals surface area contributed by atoms with Gasteiger partial charge in [0, 0.05) is 35.7 Å². The third-order valence-electron chi connectivity index (χ3n) is 9.64. The number of nitro groups is 1. The average Bonchev–Trinajstić information content (AvgIpc) is 3.23. The molecule has 2 aliphatic heterocycles. The monoisotopic (exact) mass is 517 g/mol. The summed E-state index contributed by atoms with van der Waals surface area (Å²) in [6, 6.07) is 6.19. The highest BCUT2D eigenvalue weighted by atomic mass is 16.6. The molecular weight excluding hydrogens is 486 g/mol. The van der Waals surface area contributed by atoms with Gasteiger partial charge in [0.1, 0.15) is 6.10 Å². The van der Waals surface area contributed by atoms with Crippen molar-refractivity contribution in [3.8, 4) is 23.3 Å². The molecule has 9 nitrogen and oxygen atoms in total. The zero-order valence-corrected chi connectivity index (χ0v) is 21.9. The molecule has 1 saturated heterocycles. The number of piperidine rings is 1. The number of likely N-dealkylation sites (tertiary alicyclic amines) is 1. The van der Waals surface area contributed by atoms with Gasteiger partial charge in [-0.25, -0.2) is 0 Å². The fraction of sp³-hybridized carbons (Fsp3) is 0.483. The Hall–Kier alpha value is -3.61. The number of aryl methyl sites for hydroxylation is 2. The van der Waals surface area contributed by atoms with E-state index in [9.17, 15) is 25.1 Å². The maximum absolute atomic E-state index is 13.3. The molecule has 5 atom stereocenters. The maximum Gasteiger partial charge on any atom is 0.298 e. The summed E-state index contributed by atoms with van der Waals surface area (Å²) in [7, 11) is 3.62. The lowest BCUT2D eigenvalue weighted by molar-refractivity contribution is -0.386. The van der Waals surface area contributed by atoms with E-state index >= 15 is 0 Å². The number of carbonyl (C=O) groups excluding carboxylic acids is 1. The van der Waals surface area contributed by atoms with Gasteiger partial charge in [-0.3, -0.25) is 14.9 Å². The van der Waals surface area contributed by atoms with Gasteiger partial charge in [0.25, 0.3) is 11.6 Å². The molecule has 2 N–H and O–H groups in total. The standard InChI is InChI=1S/C29H31N3O6/c1-16-5-6-18(13-17(16)2)7-8-24(34)31(4)20-9-10-29(35)23-14-19-21(32(36)37)15-22(33)26-25(19)28(29,27(20)38-26)11-12-30(23)3/h5-6,13,15,20,23,27,33,35H,9-12,14H2,1-4H3/t20-,23+,27-,28-,29+/m0/s1. The normalized spacial score (nSPS) is 30.5. The lowest BCUT2D eigenvalue weighted by Crippen LogP contribution is -2.77. The minimum absolute atomic E-state index is 0.155. The second-order valence-electron chi connectivity index (χ2n) is 11.3. The number of benzene rings is 2. The zero-order chi connectivity index (χ0) is 27.1. The van der Waals surface area contributed by atoms with Crippen LogP contribution in [0.3, 0.4) is 0 Å². The third kappa shape index (κ3) is 3.10. The van der Waals surface area contributed by atoms with Gasteiger partial charge in [0.2, 0.25) is 0 Å². The molecule has 9 heteroatoms. The molecule has 2 aromatic carbocycles. The fourth-order valence-corrected chi connectivity index (χ4v) is 7.54. The quantitative estimate of drug-likeness (QED) is 0.357. The van der Waals surface area contributed by atoms with Crippen LogP contribution in [-0.2, 0) is 16.6 Å². The molecule has 2 aromatic rings. The van der Waals surface area contributed by atoms with E-state index in [4.69, 9.17) is 4.74 Å². The second-order valence-corrected chi connectivity index (χ2v) is 11.3. The summed E-state index contributed by atoms with van der Waals surface area (Å²) in [5.74, 6) is 5.25. The minimum atomic E-state index is -1.21. The molecule has 0 radical (unpaired) electrons. The van der Waals surface area contributed by atoms with Gasteiger partial charge in [0.05, 0.1) is 28.0 Å². The van der Waals surface area contributed by atoms with Crippen molar-refractivity contribution in [2.45, 2.75) is 68.7 Å². The van der Waals surface area contributed by atoms with Gasteiger partial charge in [0.15, 0.2) is 11.5 Å². The van der Waals surface area contributed by atoms with E-state index in [-0.39, 0.29) is 29.1 Å². The number of nitro benzene ring substituents is 1. The molecule has 1 amide bonds. The summed E-state index contributed by atoms with van der Waals surface area (Å²) in [6.45, 7) is 4.68. The predicted octanol–water partition coefficient (Wildman–Crippen LogP) is 2.58. The number of likely N-dealkylation sites (N-methyl/N-ethyl adjacent to an activating group) is 2. The molecule has 1 saturated carbocycles. The molecule has 198 valence electrons. The number of hydrogen-bond donors (Lipinski definition) is 2. The zero-order valence-electron chi connectivity index (χ0n) is 21.9. The molecule has 2 fully saturated rings. The van der Waals surface area contributed by atoms with Crippen LogP contribution >= 0.6 is 0 Å². The number of rotatable bonds is 2. The first-order chi connectivity index (χ1) is 18.0. The van der Waals surface area contributed by atoms with Crippen LogP contribution in [0.2, 0.25) is 0 Å². The number of hydrogen-bond acceptors (Lipinski definition) is 7. The van der Waals surface area contributed by atoms with Crippen LogP contribution in [0.15, 0.2) is 24.3 Å². The summed E-state index contributed by atoms with van der Waals surface area (Å²) in [5, 5.41) is 35.2. The highest BCUT2D eigenvalue weighted by Gasteiger charge is 2.74. The van der Waals surface area contributed by atoms with E-state index in [1.165, 1.54) is 0 Å². The van der Waals surface area contributed by atoms with Crippen LogP contribution in [0.1, 0.15) is 47.1 Å². The number of ether oxygens (including phenoxy) is 1. The Morgan fingerprint density at radius 2 is 2.03 bits per heavy atom. The number of carbonyl (C=O) groups is 1. The van der Waals surface area contributed by atoms with Crippen LogP contribution in [0, 0.1) is 35.8 Å². The summed E-state index contributed by atoms with van der Waals surface area (Å²) in [6.07, 6.45) is 1.00. The predicted molar refractivity (Wildman–Crippen MR) is 139 cm³/mol. The molecule has 2 heterocycles. The number of nitrogens with zero attached hydrogens (tertiary/aromatic N) is 3. The number of amides is 1. The second kappa shape index (κ2) is 8.19. The Bertz CT molecular complexity index is 1460. The van der Waals surface area contributed by atoms with Crippen LogP contribution < -0.4 is 4.74 Å². The highest BCUT2D eigenvalue weighted by molar-refractivity contribution is 5.94. The van der Waals surface area contributed by atoms with Crippen molar-refractivity contribution in [1.82, 2.24) is 9.80 Å². The van der Waals surface area contributed by atoms with Crippen molar-refractivity contribution in [3.05, 3.63) is 62.2 Å². The van der Waals surface area contributed by atoms with Crippen molar-refractivity contribution < 1.29 is 24.7 Å². The number of aromatic hydroxyl groups is 1. The van der Waals surface area contributed by atoms with E-state index in [1.54, 1.807) is 11.9 Å². The van der Waals surface area contributed by atoms with Crippen molar-refractivity contribution in [1.29, 1.82) is 0 Å². The Morgan fingerprint density at radius 3 is 2.74 bits per heavy atom. The first-order valence-electron chi connectivity index (χ1n) is 13.0. The Morgan fingerprint density at radius 1 is 1.26 bits per heavy atom. The summed E-state index contributed by atoms with van der Waals surface area (Å²) < 4.78 is 6.43. The molecule has 0 aromatic heterocycles. The Balaban J connectivity index is 1.42. The van der Waals surface area contributed by atoms with Gasteiger partial charge >= 0.3 is 0 Å². The smallest absolute Gasteiger partial charge is 0.298 e. The van der Waals surface area contributed by atoms with E-state index in [2.05, 4.69) is 16.7 Å². The average molecular weight is 518 g/mol. The van der Waals surface area contributed by atoms with Gasteiger partial charge < -0.3 is 24.7 Å². The molecule has 2 aliphatic carbocycles. The van der Waals surface area contributed by atoms with Crippen molar-refractivity contribution in [2.24, 2.45) is 0 Å². The van der Waals surface area contributed by atoms with Gasteiger partial charge in [-0.15, -0.1) is 0 Å². The molecule has 6 rings (SSSR count). The number of phenolic OH excluding ortho intramolecular Hbond substituents is 1. The SMILES string of the molecule is Cc1ccc(C#CC(=O)N(C)[C@H]2CC[C@@]3(O)[C@H]4Cc5c([N+](=O)[O-])cc(O)c6c5[C@@]3(CCN4C)[C@H]2O6)cc1C. The van der Waals surface area contributed by atoms with E-state index in [0.717, 1.165) is 22.8 Å². The van der Waals surface area contributed by atoms with Crippen LogP contribution in [0.5, 0.6) is 11.5 Å². The van der Waals surface area contributed by atoms with E-state index < -0.39 is 28.1 Å². The van der Waals surface area contributed by atoms with Crippen LogP contribution in [0.25, 0.3) is 0 Å². The topological polar surface area (TPSA) is 116 Å².